The fourth-order valence-corrected chi connectivity index (χ4v) is 14.8. The van der Waals surface area contributed by atoms with Crippen molar-refractivity contribution in [2.24, 2.45) is 0 Å². The van der Waals surface area contributed by atoms with Gasteiger partial charge in [0.2, 0.25) is 0 Å². The van der Waals surface area contributed by atoms with Crippen LogP contribution in [0.5, 0.6) is 0 Å². The second-order valence-electron chi connectivity index (χ2n) is 22.1. The van der Waals surface area contributed by atoms with Crippen LogP contribution in [0.1, 0.15) is 127 Å². The van der Waals surface area contributed by atoms with Crippen LogP contribution in [0.4, 0.5) is 22.7 Å². The Hall–Kier alpha value is -6.12. The highest BCUT2D eigenvalue weighted by molar-refractivity contribution is 6.18. The first kappa shape index (κ1) is 41.1. The van der Waals surface area contributed by atoms with Gasteiger partial charge >= 0.3 is 0 Å². The van der Waals surface area contributed by atoms with Gasteiger partial charge in [-0.1, -0.05) is 168 Å². The molecular weight excluding hydrogens is 809 g/mol. The Balaban J connectivity index is 0.892. The van der Waals surface area contributed by atoms with E-state index in [-0.39, 0.29) is 21.9 Å². The van der Waals surface area contributed by atoms with Crippen LogP contribution in [-0.4, -0.2) is 11.1 Å². The molecule has 2 aliphatic heterocycles. The molecule has 2 heterocycles. The van der Waals surface area contributed by atoms with Crippen LogP contribution < -0.4 is 9.80 Å². The first-order valence-corrected chi connectivity index (χ1v) is 25.8. The molecule has 8 aromatic rings. The van der Waals surface area contributed by atoms with Gasteiger partial charge in [-0.05, 0) is 178 Å². The third-order valence-electron chi connectivity index (χ3n) is 18.8. The predicted molar refractivity (Wildman–Crippen MR) is 285 cm³/mol. The lowest BCUT2D eigenvalue weighted by atomic mass is 9.63. The minimum Gasteiger partial charge on any atom is -0.334 e. The molecule has 0 amide bonds. The van der Waals surface area contributed by atoms with Gasteiger partial charge in [0.15, 0.2) is 0 Å². The van der Waals surface area contributed by atoms with Crippen molar-refractivity contribution in [1.82, 2.24) is 0 Å². The van der Waals surface area contributed by atoms with E-state index in [9.17, 15) is 0 Å². The van der Waals surface area contributed by atoms with Crippen molar-refractivity contribution in [3.63, 3.8) is 0 Å². The van der Waals surface area contributed by atoms with Crippen LogP contribution >= 0.6 is 0 Å². The molecular formula is C65H64N2. The van der Waals surface area contributed by atoms with Crippen molar-refractivity contribution in [2.75, 3.05) is 9.80 Å². The molecule has 0 spiro atoms. The first-order valence-electron chi connectivity index (χ1n) is 25.8. The van der Waals surface area contributed by atoms with Gasteiger partial charge in [0.1, 0.15) is 0 Å². The van der Waals surface area contributed by atoms with Gasteiger partial charge < -0.3 is 9.80 Å². The van der Waals surface area contributed by atoms with Crippen LogP contribution in [0.2, 0.25) is 0 Å². The Bertz CT molecular complexity index is 3260. The normalized spacial score (nSPS) is 25.3. The minimum absolute atomic E-state index is 0.0166. The van der Waals surface area contributed by atoms with E-state index in [0.29, 0.717) is 0 Å². The molecule has 2 nitrogen and oxygen atoms in total. The predicted octanol–water partition coefficient (Wildman–Crippen LogP) is 17.9. The average Bonchev–Trinajstić information content (AvgIpc) is 3.89. The molecule has 13 rings (SSSR count). The highest BCUT2D eigenvalue weighted by Gasteiger charge is 2.57. The van der Waals surface area contributed by atoms with Gasteiger partial charge in [-0.25, -0.2) is 0 Å². The van der Waals surface area contributed by atoms with Crippen molar-refractivity contribution in [3.05, 3.63) is 180 Å². The van der Waals surface area contributed by atoms with E-state index in [0.717, 1.165) is 6.42 Å². The Morgan fingerprint density at radius 2 is 0.836 bits per heavy atom. The summed E-state index contributed by atoms with van der Waals surface area (Å²) in [7, 11) is 0. The van der Waals surface area contributed by atoms with Gasteiger partial charge in [0.05, 0.1) is 11.1 Å². The largest absolute Gasteiger partial charge is 0.334 e. The van der Waals surface area contributed by atoms with Crippen LogP contribution in [0.3, 0.4) is 0 Å². The quantitative estimate of drug-likeness (QED) is 0.163. The number of hydrogen-bond acceptors (Lipinski definition) is 2. The van der Waals surface area contributed by atoms with Crippen LogP contribution in [0, 0.1) is 0 Å². The molecule has 4 unspecified atom stereocenters. The maximum absolute atomic E-state index is 2.72. The van der Waals surface area contributed by atoms with Crippen molar-refractivity contribution in [2.45, 2.75) is 133 Å². The third-order valence-corrected chi connectivity index (χ3v) is 18.8. The third kappa shape index (κ3) is 5.87. The lowest BCUT2D eigenvalue weighted by Crippen LogP contribution is -2.53. The zero-order valence-electron chi connectivity index (χ0n) is 40.1. The Labute approximate surface area is 398 Å². The van der Waals surface area contributed by atoms with Crippen LogP contribution in [0.25, 0.3) is 54.9 Å². The second kappa shape index (κ2) is 15.2. The van der Waals surface area contributed by atoms with Crippen molar-refractivity contribution < 1.29 is 0 Å². The number of anilines is 4. The summed E-state index contributed by atoms with van der Waals surface area (Å²) in [6.07, 6.45) is 16.3. The van der Waals surface area contributed by atoms with Crippen LogP contribution in [-0.2, 0) is 17.3 Å². The number of rotatable bonds is 4. The number of para-hydroxylation sites is 2. The van der Waals surface area contributed by atoms with E-state index in [1.807, 2.05) is 0 Å². The summed E-state index contributed by atoms with van der Waals surface area (Å²) in [4.78, 5) is 5.44. The lowest BCUT2D eigenvalue weighted by Gasteiger charge is -2.48. The van der Waals surface area contributed by atoms with Crippen molar-refractivity contribution in [3.8, 4) is 33.4 Å². The summed E-state index contributed by atoms with van der Waals surface area (Å²) in [6.45, 7) is 10.3. The summed E-state index contributed by atoms with van der Waals surface area (Å²) in [5.74, 6) is 0. The molecule has 2 fully saturated rings. The Kier molecular flexibility index (Phi) is 9.32. The Morgan fingerprint density at radius 1 is 0.373 bits per heavy atom. The van der Waals surface area contributed by atoms with E-state index >= 15 is 0 Å². The average molecular weight is 873 g/mol. The molecule has 0 radical (unpaired) electrons. The highest BCUT2D eigenvalue weighted by atomic mass is 15.3. The van der Waals surface area contributed by atoms with Crippen LogP contribution in [0.15, 0.2) is 158 Å². The molecule has 4 atom stereocenters. The van der Waals surface area contributed by atoms with E-state index < -0.39 is 0 Å². The topological polar surface area (TPSA) is 6.48 Å². The second-order valence-corrected chi connectivity index (χ2v) is 22.1. The fraction of sp³-hybridized carbons (Fsp3) is 0.323. The maximum Gasteiger partial charge on any atom is 0.0517 e. The maximum atomic E-state index is 2.72. The molecule has 67 heavy (non-hydrogen) atoms. The molecule has 5 aliphatic rings. The van der Waals surface area contributed by atoms with Crippen molar-refractivity contribution >= 4 is 44.3 Å². The summed E-state index contributed by atoms with van der Waals surface area (Å²) >= 11 is 0. The fourth-order valence-electron chi connectivity index (χ4n) is 14.8. The molecule has 0 saturated heterocycles. The monoisotopic (exact) mass is 873 g/mol. The van der Waals surface area contributed by atoms with Gasteiger partial charge in [-0.2, -0.15) is 0 Å². The molecule has 0 N–H and O–H groups in total. The summed E-state index contributed by atoms with van der Waals surface area (Å²) in [5.41, 5.74) is 19.7. The number of benzene rings is 8. The minimum atomic E-state index is 0.0166. The number of fused-ring (bicyclic) bond motifs is 14. The summed E-state index contributed by atoms with van der Waals surface area (Å²) in [5, 5.41) is 5.48. The van der Waals surface area contributed by atoms with Crippen molar-refractivity contribution in [1.29, 1.82) is 0 Å². The molecule has 0 aromatic heterocycles. The van der Waals surface area contributed by atoms with E-state index in [1.165, 1.54) is 177 Å². The summed E-state index contributed by atoms with van der Waals surface area (Å²) < 4.78 is 0. The molecule has 2 saturated carbocycles. The molecule has 2 heteroatoms. The Morgan fingerprint density at radius 3 is 1.40 bits per heavy atom. The SMILES string of the molecule is CC12CCCCCCC1(C)N(c1ccccc1)c1ccc(-c3ccc4c(c3)Cc3c-4c4ccccc4c4cc(-c5ccc6c(c5)C5(C)CCCCCCC5(C)N6c5ccccc5)ccc34)cc12. The molecule has 334 valence electrons. The molecule has 0 bridgehead atoms. The number of nitrogens with zero attached hydrogens (tertiary/aromatic N) is 2. The zero-order valence-corrected chi connectivity index (χ0v) is 40.1. The number of hydrogen-bond donors (Lipinski definition) is 0. The highest BCUT2D eigenvalue weighted by Crippen LogP contribution is 2.62. The van der Waals surface area contributed by atoms with E-state index in [2.05, 4.69) is 195 Å². The zero-order chi connectivity index (χ0) is 45.1. The van der Waals surface area contributed by atoms with Gasteiger partial charge in [0.25, 0.3) is 0 Å². The van der Waals surface area contributed by atoms with Gasteiger partial charge in [-0.3, -0.25) is 0 Å². The van der Waals surface area contributed by atoms with Gasteiger partial charge in [0, 0.05) is 33.6 Å². The molecule has 3 aliphatic carbocycles. The standard InChI is InChI=1S/C65H64N2/c1-62-35-17-5-7-19-37-64(62,3)66(49-21-11-9-12-22-49)59-33-29-46(42-57(59)62)44-27-31-51-48(39-44)41-56-53-32-28-45(40-55(53)52-25-15-16-26-54(52)61(51)56)47-30-34-60-58(43-47)63(2)36-18-6-8-20-38-65(63,4)67(60)50-23-13-10-14-24-50/h9-16,21-34,39-40,42-43H,5-8,17-20,35-38,41H2,1-4H3. The lowest BCUT2D eigenvalue weighted by molar-refractivity contribution is 0.218. The summed E-state index contributed by atoms with van der Waals surface area (Å²) in [6, 6.07) is 61.3. The van der Waals surface area contributed by atoms with Gasteiger partial charge in [-0.15, -0.1) is 0 Å². The van der Waals surface area contributed by atoms with E-state index in [1.54, 1.807) is 0 Å². The molecule has 8 aromatic carbocycles. The smallest absolute Gasteiger partial charge is 0.0517 e. The van der Waals surface area contributed by atoms with E-state index in [4.69, 9.17) is 0 Å². The first-order chi connectivity index (χ1) is 32.7.